The van der Waals surface area contributed by atoms with E-state index in [9.17, 15) is 9.59 Å². The van der Waals surface area contributed by atoms with Crippen molar-refractivity contribution in [3.63, 3.8) is 0 Å². The Labute approximate surface area is 131 Å². The van der Waals surface area contributed by atoms with E-state index in [1.807, 2.05) is 0 Å². The molecule has 1 aromatic carbocycles. The molecule has 0 bridgehead atoms. The summed E-state index contributed by atoms with van der Waals surface area (Å²) in [4.78, 5) is 23.2. The molecule has 2 N–H and O–H groups in total. The number of hydrogen-bond acceptors (Lipinski definition) is 2. The molecule has 1 amide bonds. The number of hydrogen-bond donors (Lipinski definition) is 2. The molecule has 2 unspecified atom stereocenters. The van der Waals surface area contributed by atoms with Gasteiger partial charge >= 0.3 is 5.97 Å². The van der Waals surface area contributed by atoms with Gasteiger partial charge in [0, 0.05) is 0 Å². The van der Waals surface area contributed by atoms with Gasteiger partial charge in [0.2, 0.25) is 5.91 Å². The average molecular weight is 337 g/mol. The summed E-state index contributed by atoms with van der Waals surface area (Å²) in [7, 11) is 0. The number of rotatable bonds is 3. The summed E-state index contributed by atoms with van der Waals surface area (Å²) in [6.07, 6.45) is 0. The van der Waals surface area contributed by atoms with Gasteiger partial charge in [-0.05, 0) is 17.5 Å². The molecule has 2 rings (SSSR count). The van der Waals surface area contributed by atoms with Crippen molar-refractivity contribution in [3.05, 3.63) is 27.2 Å². The zero-order valence-corrected chi connectivity index (χ0v) is 13.0. The topological polar surface area (TPSA) is 66.4 Å². The molecule has 0 saturated heterocycles. The van der Waals surface area contributed by atoms with E-state index in [0.29, 0.717) is 5.69 Å². The molecule has 20 heavy (non-hydrogen) atoms. The number of carbonyl (C=O) groups excluding carboxylic acids is 1. The summed E-state index contributed by atoms with van der Waals surface area (Å²) in [6.45, 7) is 3.49. The average Bonchev–Trinajstić information content (AvgIpc) is 2.89. The molecule has 1 aliphatic rings. The zero-order chi connectivity index (χ0) is 15.2. The van der Waals surface area contributed by atoms with Crippen LogP contribution in [-0.2, 0) is 9.59 Å². The van der Waals surface area contributed by atoms with Crippen molar-refractivity contribution >= 4 is 52.4 Å². The van der Waals surface area contributed by atoms with E-state index in [2.05, 4.69) is 5.32 Å². The number of halogens is 3. The van der Waals surface area contributed by atoms with E-state index in [1.165, 1.54) is 12.1 Å². The van der Waals surface area contributed by atoms with Gasteiger partial charge in [-0.1, -0.05) is 48.7 Å². The normalized spacial score (nSPS) is 23.2. The summed E-state index contributed by atoms with van der Waals surface area (Å²) in [5.74, 6) is -2.65. The predicted octanol–water partition coefficient (Wildman–Crippen LogP) is 3.94. The van der Waals surface area contributed by atoms with Crippen LogP contribution in [0.4, 0.5) is 5.69 Å². The van der Waals surface area contributed by atoms with Crippen molar-refractivity contribution in [1.82, 2.24) is 0 Å². The van der Waals surface area contributed by atoms with Crippen LogP contribution in [0.25, 0.3) is 0 Å². The minimum Gasteiger partial charge on any atom is -0.481 e. The third-order valence-corrected chi connectivity index (χ3v) is 4.68. The molecule has 1 saturated carbocycles. The molecule has 7 heteroatoms. The summed E-state index contributed by atoms with van der Waals surface area (Å²) in [5.41, 5.74) is -0.253. The van der Waals surface area contributed by atoms with Gasteiger partial charge in [0.05, 0.1) is 32.6 Å². The molecule has 1 aromatic rings. The highest BCUT2D eigenvalue weighted by atomic mass is 35.5. The second-order valence-corrected chi connectivity index (χ2v) is 6.57. The fourth-order valence-corrected chi connectivity index (χ4v) is 3.01. The Morgan fingerprint density at radius 3 is 2.15 bits per heavy atom. The van der Waals surface area contributed by atoms with Crippen molar-refractivity contribution in [2.24, 2.45) is 17.3 Å². The lowest BCUT2D eigenvalue weighted by molar-refractivity contribution is -0.140. The Hall–Kier alpha value is -0.970. The van der Waals surface area contributed by atoms with Gasteiger partial charge < -0.3 is 10.4 Å². The maximum atomic E-state index is 12.1. The first-order chi connectivity index (χ1) is 9.16. The SMILES string of the molecule is CC1(C)C(C(=O)O)C1C(=O)Nc1cc(Cl)c(Cl)cc1Cl. The lowest BCUT2D eigenvalue weighted by Crippen LogP contribution is -2.18. The molecule has 1 fully saturated rings. The van der Waals surface area contributed by atoms with Crippen LogP contribution < -0.4 is 5.32 Å². The monoisotopic (exact) mass is 335 g/mol. The largest absolute Gasteiger partial charge is 0.481 e. The van der Waals surface area contributed by atoms with Crippen LogP contribution in [0.1, 0.15) is 13.8 Å². The summed E-state index contributed by atoms with van der Waals surface area (Å²) in [6, 6.07) is 2.86. The highest BCUT2D eigenvalue weighted by Crippen LogP contribution is 2.58. The van der Waals surface area contributed by atoms with E-state index >= 15 is 0 Å². The Morgan fingerprint density at radius 2 is 1.65 bits per heavy atom. The van der Waals surface area contributed by atoms with E-state index in [0.717, 1.165) is 0 Å². The number of anilines is 1. The fourth-order valence-electron chi connectivity index (χ4n) is 2.42. The van der Waals surface area contributed by atoms with Crippen molar-refractivity contribution in [1.29, 1.82) is 0 Å². The molecule has 108 valence electrons. The molecule has 0 spiro atoms. The molecule has 1 aliphatic carbocycles. The molecule has 4 nitrogen and oxygen atoms in total. The second kappa shape index (κ2) is 5.10. The Bertz CT molecular complexity index is 601. The first kappa shape index (κ1) is 15.4. The minimum atomic E-state index is -0.976. The predicted molar refractivity (Wildman–Crippen MR) is 78.5 cm³/mol. The maximum Gasteiger partial charge on any atom is 0.307 e. The van der Waals surface area contributed by atoms with Gasteiger partial charge in [-0.2, -0.15) is 0 Å². The molecular formula is C13H12Cl3NO3. The number of carbonyl (C=O) groups is 2. The molecule has 2 atom stereocenters. The van der Waals surface area contributed by atoms with Crippen LogP contribution in [0.3, 0.4) is 0 Å². The minimum absolute atomic E-state index is 0.248. The van der Waals surface area contributed by atoms with Crippen LogP contribution in [0, 0.1) is 17.3 Å². The van der Waals surface area contributed by atoms with E-state index in [4.69, 9.17) is 39.9 Å². The maximum absolute atomic E-state index is 12.1. The number of carboxylic acids is 1. The molecular weight excluding hydrogens is 325 g/mol. The number of benzene rings is 1. The molecule has 0 aliphatic heterocycles. The van der Waals surface area contributed by atoms with E-state index < -0.39 is 23.2 Å². The quantitative estimate of drug-likeness (QED) is 0.822. The van der Waals surface area contributed by atoms with E-state index in [-0.39, 0.29) is 21.0 Å². The number of amides is 1. The first-order valence-corrected chi connectivity index (χ1v) is 6.98. The summed E-state index contributed by atoms with van der Waals surface area (Å²) >= 11 is 17.6. The highest BCUT2D eigenvalue weighted by Gasteiger charge is 2.65. The third kappa shape index (κ3) is 2.60. The molecule has 0 heterocycles. The van der Waals surface area contributed by atoms with Crippen molar-refractivity contribution in [2.75, 3.05) is 5.32 Å². The van der Waals surface area contributed by atoms with Crippen molar-refractivity contribution < 1.29 is 14.7 Å². The first-order valence-electron chi connectivity index (χ1n) is 5.84. The van der Waals surface area contributed by atoms with Crippen molar-refractivity contribution in [3.8, 4) is 0 Å². The lowest BCUT2D eigenvalue weighted by Gasteiger charge is -2.09. The number of carboxylic acid groups (broad SMARTS) is 1. The van der Waals surface area contributed by atoms with Gasteiger partial charge in [-0.3, -0.25) is 9.59 Å². The van der Waals surface area contributed by atoms with Gasteiger partial charge in [0.15, 0.2) is 0 Å². The lowest BCUT2D eigenvalue weighted by atomic mass is 10.1. The fraction of sp³-hybridized carbons (Fsp3) is 0.385. The summed E-state index contributed by atoms with van der Waals surface area (Å²) in [5, 5.41) is 12.5. The van der Waals surface area contributed by atoms with Crippen LogP contribution in [0.15, 0.2) is 12.1 Å². The van der Waals surface area contributed by atoms with Gasteiger partial charge in [0.1, 0.15) is 0 Å². The van der Waals surface area contributed by atoms with Crippen molar-refractivity contribution in [2.45, 2.75) is 13.8 Å². The highest BCUT2D eigenvalue weighted by molar-refractivity contribution is 6.44. The molecule has 0 radical (unpaired) electrons. The van der Waals surface area contributed by atoms with E-state index in [1.54, 1.807) is 13.8 Å². The molecule has 0 aromatic heterocycles. The zero-order valence-electron chi connectivity index (χ0n) is 10.7. The van der Waals surface area contributed by atoms with Crippen LogP contribution in [-0.4, -0.2) is 17.0 Å². The standard InChI is InChI=1S/C13H12Cl3NO3/c1-13(2)9(10(13)12(19)20)11(18)17-8-4-6(15)5(14)3-7(8)16/h3-4,9-10H,1-2H3,(H,17,18)(H,19,20). The summed E-state index contributed by atoms with van der Waals surface area (Å²) < 4.78 is 0. The van der Waals surface area contributed by atoms with Gasteiger partial charge in [0.25, 0.3) is 0 Å². The Balaban J connectivity index is 2.18. The van der Waals surface area contributed by atoms with Crippen LogP contribution in [0.2, 0.25) is 15.1 Å². The smallest absolute Gasteiger partial charge is 0.307 e. The van der Waals surface area contributed by atoms with Crippen LogP contribution >= 0.6 is 34.8 Å². The van der Waals surface area contributed by atoms with Gasteiger partial charge in [-0.25, -0.2) is 0 Å². The Kier molecular flexibility index (Phi) is 3.93. The van der Waals surface area contributed by atoms with Gasteiger partial charge in [-0.15, -0.1) is 0 Å². The number of nitrogens with one attached hydrogen (secondary N) is 1. The Morgan fingerprint density at radius 1 is 1.10 bits per heavy atom. The third-order valence-electron chi connectivity index (χ3n) is 3.64. The second-order valence-electron chi connectivity index (χ2n) is 5.35. The van der Waals surface area contributed by atoms with Crippen LogP contribution in [0.5, 0.6) is 0 Å². The number of aliphatic carboxylic acids is 1.